The third kappa shape index (κ3) is 3.38. The summed E-state index contributed by atoms with van der Waals surface area (Å²) in [6, 6.07) is 0. The molecule has 1 aliphatic rings. The van der Waals surface area contributed by atoms with Crippen LogP contribution in [0, 0.1) is 0 Å². The van der Waals surface area contributed by atoms with Crippen LogP contribution in [-0.4, -0.2) is 23.7 Å². The van der Waals surface area contributed by atoms with Gasteiger partial charge >= 0.3 is 23.7 Å². The predicted octanol–water partition coefficient (Wildman–Crippen LogP) is 1.42. The molecule has 1 heteroatoms. The van der Waals surface area contributed by atoms with Gasteiger partial charge in [-0.1, -0.05) is 38.5 Å². The second kappa shape index (κ2) is 4.94. The van der Waals surface area contributed by atoms with Gasteiger partial charge in [0.15, 0.2) is 0 Å². The first-order valence-electron chi connectivity index (χ1n) is 3.00. The number of hydrogen-bond donors (Lipinski definition) is 0. The van der Waals surface area contributed by atoms with Crippen LogP contribution in [0.3, 0.4) is 0 Å². The van der Waals surface area contributed by atoms with Gasteiger partial charge in [-0.05, 0) is 0 Å². The molecule has 0 radical (unpaired) electrons. The fourth-order valence-electron chi connectivity index (χ4n) is 1.06. The van der Waals surface area contributed by atoms with Crippen LogP contribution in [0.25, 0.3) is 0 Å². The summed E-state index contributed by atoms with van der Waals surface area (Å²) in [6.45, 7) is 0. The van der Waals surface area contributed by atoms with Crippen LogP contribution in [0.5, 0.6) is 0 Å². The minimum absolute atomic E-state index is 0. The molecule has 0 bridgehead atoms. The monoisotopic (exact) mass is 216 g/mol. The van der Waals surface area contributed by atoms with Crippen LogP contribution in [-0.2, 0) is 0 Å². The number of hydrogen-bond acceptors (Lipinski definition) is 0. The third-order valence-corrected chi connectivity index (χ3v) is 1.50. The normalized spacial score (nSPS) is 20.6. The van der Waals surface area contributed by atoms with E-state index in [-0.39, 0.29) is 23.7 Å². The molecule has 0 aliphatic heterocycles. The average molecular weight is 214 g/mol. The van der Waals surface area contributed by atoms with E-state index in [1.165, 1.54) is 38.5 Å². The van der Waals surface area contributed by atoms with Crippen LogP contribution in [0.4, 0.5) is 0 Å². The standard InChI is InChI=1S/C6H12.H2Te/c1-2-4-6-5-3-1;/h1-6H2;1H2. The fourth-order valence-corrected chi connectivity index (χ4v) is 1.06. The second-order valence-corrected chi connectivity index (χ2v) is 2.12. The van der Waals surface area contributed by atoms with Crippen molar-refractivity contribution in [3.63, 3.8) is 0 Å². The van der Waals surface area contributed by atoms with E-state index in [2.05, 4.69) is 0 Å². The average Bonchev–Trinajstić information content (AvgIpc) is 1.72. The maximum atomic E-state index is 1.50. The van der Waals surface area contributed by atoms with Gasteiger partial charge in [-0.25, -0.2) is 0 Å². The van der Waals surface area contributed by atoms with E-state index in [9.17, 15) is 0 Å². The van der Waals surface area contributed by atoms with Gasteiger partial charge in [0.25, 0.3) is 0 Å². The zero-order valence-electron chi connectivity index (χ0n) is 4.74. The zero-order valence-corrected chi connectivity index (χ0v) is 7.60. The Hall–Kier alpha value is 0.790. The molecule has 1 aliphatic carbocycles. The molecule has 44 valence electrons. The molecule has 0 nitrogen and oxygen atoms in total. The topological polar surface area (TPSA) is 0 Å². The Labute approximate surface area is 62.4 Å². The predicted molar refractivity (Wildman–Crippen MR) is 36.2 cm³/mol. The molecule has 7 heavy (non-hydrogen) atoms. The van der Waals surface area contributed by atoms with Crippen molar-refractivity contribution in [2.45, 2.75) is 38.5 Å². The summed E-state index contributed by atoms with van der Waals surface area (Å²) in [4.78, 5) is 0. The first kappa shape index (κ1) is 7.79. The van der Waals surface area contributed by atoms with Crippen LogP contribution >= 0.6 is 0 Å². The van der Waals surface area contributed by atoms with Gasteiger partial charge in [0.2, 0.25) is 0 Å². The van der Waals surface area contributed by atoms with Gasteiger partial charge in [0.1, 0.15) is 0 Å². The van der Waals surface area contributed by atoms with E-state index in [0.717, 1.165) is 0 Å². The van der Waals surface area contributed by atoms with E-state index >= 15 is 0 Å². The zero-order chi connectivity index (χ0) is 4.24. The van der Waals surface area contributed by atoms with E-state index in [1.54, 1.807) is 0 Å². The van der Waals surface area contributed by atoms with Crippen molar-refractivity contribution >= 4 is 23.7 Å². The Kier molecular flexibility index (Phi) is 5.49. The molecule has 0 unspecified atom stereocenters. The Morgan fingerprint density at radius 1 is 0.429 bits per heavy atom. The van der Waals surface area contributed by atoms with Crippen LogP contribution < -0.4 is 0 Å². The van der Waals surface area contributed by atoms with Gasteiger partial charge in [0.05, 0.1) is 0 Å². The van der Waals surface area contributed by atoms with Crippen molar-refractivity contribution in [2.24, 2.45) is 0 Å². The summed E-state index contributed by atoms with van der Waals surface area (Å²) in [6.07, 6.45) is 9.00. The van der Waals surface area contributed by atoms with E-state index in [0.29, 0.717) is 0 Å². The van der Waals surface area contributed by atoms with Crippen LogP contribution in [0.1, 0.15) is 38.5 Å². The molecule has 0 N–H and O–H groups in total. The van der Waals surface area contributed by atoms with Gasteiger partial charge in [-0.15, -0.1) is 0 Å². The van der Waals surface area contributed by atoms with E-state index in [4.69, 9.17) is 0 Å². The van der Waals surface area contributed by atoms with Crippen molar-refractivity contribution in [1.29, 1.82) is 0 Å². The molecule has 0 aromatic heterocycles. The van der Waals surface area contributed by atoms with Crippen LogP contribution in [0.2, 0.25) is 0 Å². The maximum absolute atomic E-state index is 1.50. The molecule has 0 atom stereocenters. The number of rotatable bonds is 0. The molecule has 0 aromatic rings. The summed E-state index contributed by atoms with van der Waals surface area (Å²) in [7, 11) is 0. The molecule has 1 saturated carbocycles. The van der Waals surface area contributed by atoms with E-state index in [1.807, 2.05) is 0 Å². The van der Waals surface area contributed by atoms with E-state index < -0.39 is 0 Å². The molecule has 0 saturated heterocycles. The molecule has 1 rings (SSSR count). The molecule has 0 heterocycles. The molecule has 0 spiro atoms. The van der Waals surface area contributed by atoms with Crippen molar-refractivity contribution in [3.05, 3.63) is 0 Å². The first-order chi connectivity index (χ1) is 3.00. The Balaban J connectivity index is 0.000000360. The Morgan fingerprint density at radius 3 is 0.714 bits per heavy atom. The summed E-state index contributed by atoms with van der Waals surface area (Å²) in [5.74, 6) is 0. The van der Waals surface area contributed by atoms with Crippen LogP contribution in [0.15, 0.2) is 0 Å². The minimum atomic E-state index is 0. The summed E-state index contributed by atoms with van der Waals surface area (Å²) in [5, 5.41) is 0. The van der Waals surface area contributed by atoms with Crippen molar-refractivity contribution in [1.82, 2.24) is 0 Å². The van der Waals surface area contributed by atoms with Crippen molar-refractivity contribution in [2.75, 3.05) is 0 Å². The van der Waals surface area contributed by atoms with Gasteiger partial charge in [-0.3, -0.25) is 0 Å². The summed E-state index contributed by atoms with van der Waals surface area (Å²) < 4.78 is 0. The quantitative estimate of drug-likeness (QED) is 0.534. The summed E-state index contributed by atoms with van der Waals surface area (Å²) in [5.41, 5.74) is 0. The fraction of sp³-hybridized carbons (Fsp3) is 1.00. The Morgan fingerprint density at radius 2 is 0.571 bits per heavy atom. The summed E-state index contributed by atoms with van der Waals surface area (Å²) >= 11 is 0. The van der Waals surface area contributed by atoms with Gasteiger partial charge in [0, 0.05) is 0 Å². The molecule has 1 fully saturated rings. The molecule has 0 aromatic carbocycles. The first-order valence-corrected chi connectivity index (χ1v) is 3.00. The van der Waals surface area contributed by atoms with Gasteiger partial charge in [-0.2, -0.15) is 0 Å². The molecular formula is C6H14Te. The second-order valence-electron chi connectivity index (χ2n) is 2.12. The van der Waals surface area contributed by atoms with Crippen molar-refractivity contribution < 1.29 is 0 Å². The third-order valence-electron chi connectivity index (χ3n) is 1.50. The Bertz CT molecular complexity index is 19.7. The SMILES string of the molecule is C1CCCCC1.[TeH2]. The molecular weight excluding hydrogens is 200 g/mol. The molecule has 0 amide bonds. The van der Waals surface area contributed by atoms with Crippen molar-refractivity contribution in [3.8, 4) is 0 Å². The van der Waals surface area contributed by atoms with Gasteiger partial charge < -0.3 is 0 Å².